The van der Waals surface area contributed by atoms with E-state index in [1.165, 1.54) is 5.56 Å². The van der Waals surface area contributed by atoms with Crippen LogP contribution in [-0.4, -0.2) is 37.7 Å². The smallest absolute Gasteiger partial charge is 0.174 e. The molecule has 1 aromatic rings. The van der Waals surface area contributed by atoms with Crippen LogP contribution >= 0.6 is 0 Å². The highest BCUT2D eigenvalue weighted by Gasteiger charge is 2.20. The van der Waals surface area contributed by atoms with Crippen LogP contribution in [0.5, 0.6) is 5.75 Å². The Morgan fingerprint density at radius 1 is 1.30 bits per heavy atom. The van der Waals surface area contributed by atoms with Crippen LogP contribution in [0.3, 0.4) is 0 Å². The van der Waals surface area contributed by atoms with E-state index in [-0.39, 0.29) is 18.2 Å². The molecule has 1 unspecified atom stereocenters. The van der Waals surface area contributed by atoms with E-state index in [1.807, 2.05) is 30.3 Å². The summed E-state index contributed by atoms with van der Waals surface area (Å²) in [5.41, 5.74) is 1.33. The Morgan fingerprint density at radius 3 is 2.40 bits per heavy atom. The average Bonchev–Trinajstić information content (AvgIpc) is 2.43. The first kappa shape index (κ1) is 16.5. The summed E-state index contributed by atoms with van der Waals surface area (Å²) >= 11 is 0. The van der Waals surface area contributed by atoms with Gasteiger partial charge in [-0.05, 0) is 52.6 Å². The molecule has 0 saturated heterocycles. The molecule has 0 amide bonds. The van der Waals surface area contributed by atoms with Crippen LogP contribution in [0.15, 0.2) is 24.3 Å². The van der Waals surface area contributed by atoms with Gasteiger partial charge in [-0.25, -0.2) is 0 Å². The van der Waals surface area contributed by atoms with E-state index in [0.29, 0.717) is 0 Å². The monoisotopic (exact) mass is 275 g/mol. The fourth-order valence-electron chi connectivity index (χ4n) is 1.65. The van der Waals surface area contributed by atoms with E-state index in [0.717, 1.165) is 12.3 Å². The fraction of sp³-hybridized carbons (Fsp3) is 0.562. The number of hydrogen-bond acceptors (Lipinski definition) is 4. The van der Waals surface area contributed by atoms with Gasteiger partial charge in [0.05, 0.1) is 0 Å². The minimum absolute atomic E-state index is 0.0875. The SMILES string of the molecule is CC(NCC(C)(C)N(C)C)c1ccc(OCC#N)cc1. The highest BCUT2D eigenvalue weighted by atomic mass is 16.5. The average molecular weight is 275 g/mol. The number of nitrogens with one attached hydrogen (secondary N) is 1. The van der Waals surface area contributed by atoms with Crippen LogP contribution in [0.25, 0.3) is 0 Å². The van der Waals surface area contributed by atoms with E-state index < -0.39 is 0 Å². The van der Waals surface area contributed by atoms with Crippen molar-refractivity contribution in [3.05, 3.63) is 29.8 Å². The largest absolute Gasteiger partial charge is 0.479 e. The number of rotatable bonds is 7. The van der Waals surface area contributed by atoms with Crippen molar-refractivity contribution in [2.75, 3.05) is 27.2 Å². The Morgan fingerprint density at radius 2 is 1.90 bits per heavy atom. The van der Waals surface area contributed by atoms with Crippen molar-refractivity contribution in [3.8, 4) is 11.8 Å². The Bertz CT molecular complexity index is 446. The zero-order valence-electron chi connectivity index (χ0n) is 13.1. The molecule has 0 aliphatic rings. The van der Waals surface area contributed by atoms with Gasteiger partial charge in [-0.1, -0.05) is 12.1 Å². The summed E-state index contributed by atoms with van der Waals surface area (Å²) in [5.74, 6) is 0.733. The van der Waals surface area contributed by atoms with Crippen LogP contribution in [0, 0.1) is 11.3 Å². The van der Waals surface area contributed by atoms with Gasteiger partial charge in [0.25, 0.3) is 0 Å². The predicted octanol–water partition coefficient (Wildman–Crippen LogP) is 2.58. The lowest BCUT2D eigenvalue weighted by atomic mass is 10.0. The molecule has 0 fully saturated rings. The minimum atomic E-state index is 0.0875. The van der Waals surface area contributed by atoms with Crippen LogP contribution in [0.2, 0.25) is 0 Å². The highest BCUT2D eigenvalue weighted by molar-refractivity contribution is 5.29. The van der Waals surface area contributed by atoms with Gasteiger partial charge < -0.3 is 15.0 Å². The van der Waals surface area contributed by atoms with Gasteiger partial charge in [-0.15, -0.1) is 0 Å². The van der Waals surface area contributed by atoms with Gasteiger partial charge >= 0.3 is 0 Å². The fourth-order valence-corrected chi connectivity index (χ4v) is 1.65. The number of nitriles is 1. The van der Waals surface area contributed by atoms with Crippen molar-refractivity contribution in [1.82, 2.24) is 10.2 Å². The molecule has 0 aliphatic heterocycles. The lowest BCUT2D eigenvalue weighted by molar-refractivity contribution is 0.185. The van der Waals surface area contributed by atoms with Crippen molar-refractivity contribution in [2.24, 2.45) is 0 Å². The first-order valence-corrected chi connectivity index (χ1v) is 6.87. The molecule has 110 valence electrons. The Kier molecular flexibility index (Phi) is 6.00. The second-order valence-corrected chi connectivity index (χ2v) is 5.83. The quantitative estimate of drug-likeness (QED) is 0.831. The van der Waals surface area contributed by atoms with Gasteiger partial charge in [0.2, 0.25) is 0 Å². The molecule has 1 N–H and O–H groups in total. The maximum atomic E-state index is 8.47. The van der Waals surface area contributed by atoms with Gasteiger partial charge in [-0.2, -0.15) is 5.26 Å². The van der Waals surface area contributed by atoms with Gasteiger partial charge in [0, 0.05) is 18.1 Å². The number of hydrogen-bond donors (Lipinski definition) is 1. The molecule has 4 nitrogen and oxygen atoms in total. The van der Waals surface area contributed by atoms with Crippen molar-refractivity contribution in [3.63, 3.8) is 0 Å². The zero-order valence-corrected chi connectivity index (χ0v) is 13.1. The van der Waals surface area contributed by atoms with Crippen molar-refractivity contribution in [1.29, 1.82) is 5.26 Å². The molecular formula is C16H25N3O. The Labute approximate surface area is 122 Å². The van der Waals surface area contributed by atoms with E-state index in [4.69, 9.17) is 10.00 Å². The minimum Gasteiger partial charge on any atom is -0.479 e. The Hall–Kier alpha value is -1.57. The van der Waals surface area contributed by atoms with Crippen LogP contribution in [0.1, 0.15) is 32.4 Å². The summed E-state index contributed by atoms with van der Waals surface area (Å²) in [5, 5.41) is 12.0. The standard InChI is InChI=1S/C16H25N3O/c1-13(18-12-16(2,3)19(4)5)14-6-8-15(9-7-14)20-11-10-17/h6-9,13,18H,11-12H2,1-5H3. The molecule has 4 heteroatoms. The number of nitrogens with zero attached hydrogens (tertiary/aromatic N) is 2. The molecule has 0 spiro atoms. The normalized spacial score (nSPS) is 13.1. The predicted molar refractivity (Wildman–Crippen MR) is 81.7 cm³/mol. The van der Waals surface area contributed by atoms with E-state index in [9.17, 15) is 0 Å². The van der Waals surface area contributed by atoms with Gasteiger partial charge in [0.1, 0.15) is 11.8 Å². The molecule has 0 aromatic heterocycles. The van der Waals surface area contributed by atoms with Crippen LogP contribution in [0.4, 0.5) is 0 Å². The molecule has 1 rings (SSSR count). The maximum Gasteiger partial charge on any atom is 0.174 e. The summed E-state index contributed by atoms with van der Waals surface area (Å²) < 4.78 is 5.25. The Balaban J connectivity index is 2.56. The second-order valence-electron chi connectivity index (χ2n) is 5.83. The number of ether oxygens (including phenoxy) is 1. The van der Waals surface area contributed by atoms with Crippen molar-refractivity contribution in [2.45, 2.75) is 32.4 Å². The number of likely N-dealkylation sites (N-methyl/N-ethyl adjacent to an activating group) is 1. The lowest BCUT2D eigenvalue weighted by Gasteiger charge is -2.34. The molecule has 20 heavy (non-hydrogen) atoms. The molecule has 1 atom stereocenters. The third kappa shape index (κ3) is 4.84. The summed E-state index contributed by atoms with van der Waals surface area (Å²) in [4.78, 5) is 2.21. The summed E-state index contributed by atoms with van der Waals surface area (Å²) in [6, 6.07) is 10.1. The second kappa shape index (κ2) is 7.28. The molecule has 0 bridgehead atoms. The highest BCUT2D eigenvalue weighted by Crippen LogP contribution is 2.18. The maximum absolute atomic E-state index is 8.47. The van der Waals surface area contributed by atoms with E-state index >= 15 is 0 Å². The molecule has 0 heterocycles. The molecule has 0 aliphatic carbocycles. The van der Waals surface area contributed by atoms with Gasteiger partial charge in [0.15, 0.2) is 6.61 Å². The van der Waals surface area contributed by atoms with E-state index in [1.54, 1.807) is 0 Å². The van der Waals surface area contributed by atoms with Crippen LogP contribution in [-0.2, 0) is 0 Å². The lowest BCUT2D eigenvalue weighted by Crippen LogP contribution is -2.47. The van der Waals surface area contributed by atoms with Crippen molar-refractivity contribution < 1.29 is 4.74 Å². The first-order valence-electron chi connectivity index (χ1n) is 6.87. The molecule has 1 aromatic carbocycles. The summed E-state index contributed by atoms with van der Waals surface area (Å²) in [6.07, 6.45) is 0. The van der Waals surface area contributed by atoms with Crippen molar-refractivity contribution >= 4 is 0 Å². The summed E-state index contributed by atoms with van der Waals surface area (Å²) in [6.45, 7) is 7.58. The third-order valence-electron chi connectivity index (χ3n) is 3.73. The van der Waals surface area contributed by atoms with E-state index in [2.05, 4.69) is 45.1 Å². The topological polar surface area (TPSA) is 48.3 Å². The summed E-state index contributed by atoms with van der Waals surface area (Å²) in [7, 11) is 4.18. The number of benzene rings is 1. The first-order chi connectivity index (χ1) is 9.36. The van der Waals surface area contributed by atoms with Gasteiger partial charge in [-0.3, -0.25) is 0 Å². The molecule has 0 saturated carbocycles. The third-order valence-corrected chi connectivity index (χ3v) is 3.73. The molecule has 0 radical (unpaired) electrons. The zero-order chi connectivity index (χ0) is 15.2. The van der Waals surface area contributed by atoms with Crippen LogP contribution < -0.4 is 10.1 Å². The molecular weight excluding hydrogens is 250 g/mol.